The molecule has 28 heavy (non-hydrogen) atoms. The van der Waals surface area contributed by atoms with Crippen LogP contribution in [0.25, 0.3) is 16.3 Å². The Balaban J connectivity index is 1.62. The molecule has 2 aliphatic rings. The van der Waals surface area contributed by atoms with E-state index in [9.17, 15) is 4.39 Å². The standard InChI is InChI=1S/C23H23FN4/c1-15-13-26-23(28-9-7-27(2)8-10-28)21-11-16(3-4-18(15)21)19-5-6-22-20(19)12-17(24)14-25-22/h3-5,11-14H,6-10H2,1-2H3. The molecule has 5 heteroatoms. The number of fused-ring (bicyclic) bond motifs is 2. The number of benzene rings is 1. The largest absolute Gasteiger partial charge is 0.354 e. The Bertz CT molecular complexity index is 1100. The molecule has 0 unspecified atom stereocenters. The van der Waals surface area contributed by atoms with Crippen LogP contribution in [0.3, 0.4) is 0 Å². The van der Waals surface area contributed by atoms with Crippen LogP contribution in [0, 0.1) is 12.7 Å². The molecule has 0 N–H and O–H groups in total. The fourth-order valence-corrected chi connectivity index (χ4v) is 4.25. The molecule has 1 fully saturated rings. The third kappa shape index (κ3) is 2.87. The van der Waals surface area contributed by atoms with E-state index >= 15 is 0 Å². The summed E-state index contributed by atoms with van der Waals surface area (Å²) in [5, 5.41) is 2.39. The number of allylic oxidation sites excluding steroid dienone is 1. The summed E-state index contributed by atoms with van der Waals surface area (Å²) in [5.74, 6) is 0.759. The molecule has 0 amide bonds. The summed E-state index contributed by atoms with van der Waals surface area (Å²) in [6.07, 6.45) is 6.17. The lowest BCUT2D eigenvalue weighted by atomic mass is 9.97. The van der Waals surface area contributed by atoms with Crippen LogP contribution in [0.4, 0.5) is 10.2 Å². The summed E-state index contributed by atoms with van der Waals surface area (Å²) < 4.78 is 13.8. The number of halogens is 1. The van der Waals surface area contributed by atoms with E-state index in [1.165, 1.54) is 22.5 Å². The van der Waals surface area contributed by atoms with Crippen molar-refractivity contribution in [2.45, 2.75) is 13.3 Å². The lowest BCUT2D eigenvalue weighted by molar-refractivity contribution is 0.312. The van der Waals surface area contributed by atoms with Crippen LogP contribution in [0.15, 0.2) is 42.7 Å². The van der Waals surface area contributed by atoms with E-state index < -0.39 is 0 Å². The number of piperazine rings is 1. The minimum absolute atomic E-state index is 0.289. The number of likely N-dealkylation sites (N-methyl/N-ethyl adjacent to an activating group) is 1. The molecular formula is C23H23FN4. The van der Waals surface area contributed by atoms with E-state index in [1.54, 1.807) is 6.07 Å². The molecule has 142 valence electrons. The normalized spacial score (nSPS) is 17.1. The van der Waals surface area contributed by atoms with Crippen LogP contribution in [0.5, 0.6) is 0 Å². The number of hydrogen-bond donors (Lipinski definition) is 0. The van der Waals surface area contributed by atoms with E-state index in [0.29, 0.717) is 0 Å². The van der Waals surface area contributed by atoms with Crippen LogP contribution in [0.2, 0.25) is 0 Å². The van der Waals surface area contributed by atoms with Gasteiger partial charge in [0.25, 0.3) is 0 Å². The minimum atomic E-state index is -0.289. The highest BCUT2D eigenvalue weighted by Crippen LogP contribution is 2.36. The zero-order chi connectivity index (χ0) is 19.3. The third-order valence-corrected chi connectivity index (χ3v) is 5.91. The average Bonchev–Trinajstić information content (AvgIpc) is 3.12. The Kier molecular flexibility index (Phi) is 4.13. The number of nitrogens with zero attached hydrogens (tertiary/aromatic N) is 4. The molecule has 0 atom stereocenters. The van der Waals surface area contributed by atoms with Crippen LogP contribution in [0.1, 0.15) is 22.4 Å². The highest BCUT2D eigenvalue weighted by atomic mass is 19.1. The van der Waals surface area contributed by atoms with Crippen molar-refractivity contribution in [3.8, 4) is 0 Å². The van der Waals surface area contributed by atoms with Gasteiger partial charge in [-0.3, -0.25) is 4.98 Å². The van der Waals surface area contributed by atoms with E-state index in [-0.39, 0.29) is 5.82 Å². The molecule has 1 aromatic carbocycles. The fourth-order valence-electron chi connectivity index (χ4n) is 4.25. The van der Waals surface area contributed by atoms with Crippen LogP contribution < -0.4 is 4.90 Å². The van der Waals surface area contributed by atoms with Crippen molar-refractivity contribution < 1.29 is 4.39 Å². The number of hydrogen-bond acceptors (Lipinski definition) is 4. The van der Waals surface area contributed by atoms with Crippen LogP contribution in [-0.4, -0.2) is 48.1 Å². The Morgan fingerprint density at radius 3 is 2.61 bits per heavy atom. The molecule has 0 bridgehead atoms. The molecule has 0 spiro atoms. The van der Waals surface area contributed by atoms with Gasteiger partial charge in [0.05, 0.1) is 11.9 Å². The Labute approximate surface area is 164 Å². The quantitative estimate of drug-likeness (QED) is 0.683. The fraction of sp³-hybridized carbons (Fsp3) is 0.304. The lowest BCUT2D eigenvalue weighted by Gasteiger charge is -2.34. The summed E-state index contributed by atoms with van der Waals surface area (Å²) in [5.41, 5.74) is 5.18. The summed E-state index contributed by atoms with van der Waals surface area (Å²) in [7, 11) is 2.16. The van der Waals surface area contributed by atoms with Crippen molar-refractivity contribution in [1.82, 2.24) is 14.9 Å². The number of rotatable bonds is 2. The molecule has 3 heterocycles. The van der Waals surface area contributed by atoms with E-state index in [1.807, 2.05) is 6.20 Å². The first kappa shape index (κ1) is 17.3. The summed E-state index contributed by atoms with van der Waals surface area (Å²) in [6, 6.07) is 8.12. The monoisotopic (exact) mass is 374 g/mol. The first-order valence-corrected chi connectivity index (χ1v) is 9.78. The molecule has 1 saturated heterocycles. The van der Waals surface area contributed by atoms with Gasteiger partial charge in [-0.25, -0.2) is 9.37 Å². The second kappa shape index (κ2) is 6.67. The average molecular weight is 374 g/mol. The minimum Gasteiger partial charge on any atom is -0.354 e. The molecular weight excluding hydrogens is 351 g/mol. The lowest BCUT2D eigenvalue weighted by Crippen LogP contribution is -2.44. The Morgan fingerprint density at radius 2 is 1.79 bits per heavy atom. The van der Waals surface area contributed by atoms with Crippen molar-refractivity contribution >= 4 is 22.2 Å². The van der Waals surface area contributed by atoms with E-state index in [4.69, 9.17) is 4.98 Å². The zero-order valence-corrected chi connectivity index (χ0v) is 16.2. The first-order valence-electron chi connectivity index (χ1n) is 9.78. The third-order valence-electron chi connectivity index (χ3n) is 5.91. The van der Waals surface area contributed by atoms with Crippen molar-refractivity contribution in [2.24, 2.45) is 0 Å². The van der Waals surface area contributed by atoms with Crippen molar-refractivity contribution in [2.75, 3.05) is 38.1 Å². The van der Waals surface area contributed by atoms with Gasteiger partial charge >= 0.3 is 0 Å². The van der Waals surface area contributed by atoms with Gasteiger partial charge in [0.1, 0.15) is 11.6 Å². The molecule has 0 radical (unpaired) electrons. The number of aromatic nitrogens is 2. The number of aryl methyl sites for hydroxylation is 1. The molecule has 1 aliphatic heterocycles. The second-order valence-corrected chi connectivity index (χ2v) is 7.79. The molecule has 1 aliphatic carbocycles. The van der Waals surface area contributed by atoms with Gasteiger partial charge in [0, 0.05) is 49.7 Å². The Hall–Kier alpha value is -2.79. The van der Waals surface area contributed by atoms with Gasteiger partial charge in [0.15, 0.2) is 0 Å². The maximum Gasteiger partial charge on any atom is 0.142 e. The summed E-state index contributed by atoms with van der Waals surface area (Å²) >= 11 is 0. The second-order valence-electron chi connectivity index (χ2n) is 7.79. The molecule has 3 aromatic rings. The summed E-state index contributed by atoms with van der Waals surface area (Å²) in [4.78, 5) is 13.8. The first-order chi connectivity index (χ1) is 13.6. The maximum absolute atomic E-state index is 13.8. The topological polar surface area (TPSA) is 32.3 Å². The summed E-state index contributed by atoms with van der Waals surface area (Å²) in [6.45, 7) is 6.14. The smallest absolute Gasteiger partial charge is 0.142 e. The van der Waals surface area contributed by atoms with E-state index in [2.05, 4.69) is 53.0 Å². The van der Waals surface area contributed by atoms with Gasteiger partial charge in [-0.1, -0.05) is 18.2 Å². The van der Waals surface area contributed by atoms with Crippen molar-refractivity contribution in [3.05, 3.63) is 70.9 Å². The van der Waals surface area contributed by atoms with Gasteiger partial charge < -0.3 is 9.80 Å². The van der Waals surface area contributed by atoms with Gasteiger partial charge in [-0.05, 0) is 48.2 Å². The number of anilines is 1. The van der Waals surface area contributed by atoms with Gasteiger partial charge in [-0.15, -0.1) is 0 Å². The molecule has 0 saturated carbocycles. The van der Waals surface area contributed by atoms with Crippen molar-refractivity contribution in [3.63, 3.8) is 0 Å². The van der Waals surface area contributed by atoms with Gasteiger partial charge in [-0.2, -0.15) is 0 Å². The highest BCUT2D eigenvalue weighted by molar-refractivity contribution is 5.98. The highest BCUT2D eigenvalue weighted by Gasteiger charge is 2.21. The predicted octanol–water partition coefficient (Wildman–Crippen LogP) is 3.82. The molecule has 2 aromatic heterocycles. The molecule has 4 nitrogen and oxygen atoms in total. The number of pyridine rings is 2. The van der Waals surface area contributed by atoms with Crippen molar-refractivity contribution in [1.29, 1.82) is 0 Å². The van der Waals surface area contributed by atoms with Crippen LogP contribution in [-0.2, 0) is 6.42 Å². The Morgan fingerprint density at radius 1 is 0.964 bits per heavy atom. The maximum atomic E-state index is 13.8. The zero-order valence-electron chi connectivity index (χ0n) is 16.2. The van der Waals surface area contributed by atoms with Gasteiger partial charge in [0.2, 0.25) is 0 Å². The predicted molar refractivity (Wildman–Crippen MR) is 111 cm³/mol. The van der Waals surface area contributed by atoms with E-state index in [0.717, 1.165) is 60.8 Å². The SMILES string of the molecule is Cc1cnc(N2CCN(C)CC2)c2cc(C3=CCc4ncc(F)cc43)ccc12. The molecule has 5 rings (SSSR count). The van der Waals surface area contributed by atoms with Crippen LogP contribution >= 0.6 is 0 Å².